The topological polar surface area (TPSA) is 12.5 Å². The molecule has 1 aliphatic heterocycles. The molecule has 0 bridgehead atoms. The number of aryl methyl sites for hydroxylation is 2. The third-order valence-corrected chi connectivity index (χ3v) is 5.81. The zero-order valence-corrected chi connectivity index (χ0v) is 17.0. The predicted molar refractivity (Wildman–Crippen MR) is 108 cm³/mol. The first kappa shape index (κ1) is 20.5. The van der Waals surface area contributed by atoms with Crippen LogP contribution >= 0.6 is 0 Å². The van der Waals surface area contributed by atoms with Crippen molar-refractivity contribution in [1.82, 2.24) is 4.90 Å². The van der Waals surface area contributed by atoms with Gasteiger partial charge in [-0.2, -0.15) is 0 Å². The van der Waals surface area contributed by atoms with Gasteiger partial charge in [-0.05, 0) is 87.9 Å². The van der Waals surface area contributed by atoms with Crippen molar-refractivity contribution < 1.29 is 4.74 Å². The molecule has 1 heterocycles. The molecule has 1 aromatic carbocycles. The molecule has 142 valence electrons. The third kappa shape index (κ3) is 6.75. The van der Waals surface area contributed by atoms with Crippen LogP contribution in [0.25, 0.3) is 0 Å². The number of methoxy groups -OCH3 is 1. The van der Waals surface area contributed by atoms with E-state index >= 15 is 0 Å². The first-order chi connectivity index (χ1) is 12.1. The van der Waals surface area contributed by atoms with Crippen LogP contribution in [0.5, 0.6) is 0 Å². The van der Waals surface area contributed by atoms with Crippen LogP contribution in [0.3, 0.4) is 0 Å². The van der Waals surface area contributed by atoms with Crippen LogP contribution in [0.15, 0.2) is 18.2 Å². The summed E-state index contributed by atoms with van der Waals surface area (Å²) in [5.41, 5.74) is 4.54. The van der Waals surface area contributed by atoms with Gasteiger partial charge in [0.1, 0.15) is 0 Å². The van der Waals surface area contributed by atoms with Gasteiger partial charge in [0.05, 0.1) is 0 Å². The lowest BCUT2D eigenvalue weighted by Crippen LogP contribution is -2.25. The van der Waals surface area contributed by atoms with Crippen LogP contribution in [0.4, 0.5) is 0 Å². The molecule has 2 unspecified atom stereocenters. The van der Waals surface area contributed by atoms with E-state index in [2.05, 4.69) is 43.9 Å². The van der Waals surface area contributed by atoms with E-state index in [-0.39, 0.29) is 0 Å². The van der Waals surface area contributed by atoms with Crippen molar-refractivity contribution in [2.45, 2.75) is 71.6 Å². The Morgan fingerprint density at radius 3 is 2.60 bits per heavy atom. The van der Waals surface area contributed by atoms with Crippen LogP contribution < -0.4 is 0 Å². The van der Waals surface area contributed by atoms with E-state index in [9.17, 15) is 0 Å². The third-order valence-electron chi connectivity index (χ3n) is 5.81. The van der Waals surface area contributed by atoms with Gasteiger partial charge >= 0.3 is 0 Å². The number of ether oxygens (including phenoxy) is 1. The van der Waals surface area contributed by atoms with Gasteiger partial charge in [0.15, 0.2) is 0 Å². The van der Waals surface area contributed by atoms with E-state index in [1.807, 2.05) is 0 Å². The fourth-order valence-corrected chi connectivity index (χ4v) is 4.29. The summed E-state index contributed by atoms with van der Waals surface area (Å²) >= 11 is 0. The maximum atomic E-state index is 5.25. The van der Waals surface area contributed by atoms with Gasteiger partial charge < -0.3 is 9.64 Å². The van der Waals surface area contributed by atoms with Crippen molar-refractivity contribution in [3.63, 3.8) is 0 Å². The Labute approximate surface area is 156 Å². The molecule has 0 saturated carbocycles. The summed E-state index contributed by atoms with van der Waals surface area (Å²) in [7, 11) is 1.80. The lowest BCUT2D eigenvalue weighted by atomic mass is 9.84. The minimum atomic E-state index is 0.707. The molecule has 1 aliphatic rings. The molecule has 1 fully saturated rings. The van der Waals surface area contributed by atoms with Gasteiger partial charge in [0, 0.05) is 20.3 Å². The summed E-state index contributed by atoms with van der Waals surface area (Å²) in [6.45, 7) is 11.8. The maximum Gasteiger partial charge on any atom is 0.0465 e. The van der Waals surface area contributed by atoms with Crippen molar-refractivity contribution >= 4 is 0 Å². The molecule has 0 spiro atoms. The highest BCUT2D eigenvalue weighted by Crippen LogP contribution is 2.31. The fourth-order valence-electron chi connectivity index (χ4n) is 4.29. The molecule has 1 saturated heterocycles. The number of benzene rings is 1. The predicted octanol–water partition coefficient (Wildman–Crippen LogP) is 5.58. The molecule has 0 N–H and O–H groups in total. The highest BCUT2D eigenvalue weighted by molar-refractivity contribution is 5.34. The van der Waals surface area contributed by atoms with Crippen molar-refractivity contribution in [3.8, 4) is 0 Å². The second-order valence-corrected chi connectivity index (χ2v) is 8.09. The molecule has 2 rings (SSSR count). The molecule has 2 nitrogen and oxygen atoms in total. The Balaban J connectivity index is 1.94. The molecular weight excluding hydrogens is 306 g/mol. The Kier molecular flexibility index (Phi) is 8.98. The van der Waals surface area contributed by atoms with E-state index in [1.54, 1.807) is 18.2 Å². The monoisotopic (exact) mass is 345 g/mol. The minimum absolute atomic E-state index is 0.707. The van der Waals surface area contributed by atoms with E-state index < -0.39 is 0 Å². The first-order valence-corrected chi connectivity index (χ1v) is 10.4. The molecule has 1 aromatic rings. The molecule has 2 atom stereocenters. The van der Waals surface area contributed by atoms with Crippen LogP contribution in [0.1, 0.15) is 75.0 Å². The molecule has 0 aliphatic carbocycles. The van der Waals surface area contributed by atoms with Gasteiger partial charge in [-0.25, -0.2) is 0 Å². The summed E-state index contributed by atoms with van der Waals surface area (Å²) < 4.78 is 5.25. The summed E-state index contributed by atoms with van der Waals surface area (Å²) in [6.07, 6.45) is 8.98. The average molecular weight is 346 g/mol. The second-order valence-electron chi connectivity index (χ2n) is 8.09. The minimum Gasteiger partial charge on any atom is -0.385 e. The Morgan fingerprint density at radius 2 is 1.92 bits per heavy atom. The van der Waals surface area contributed by atoms with Crippen molar-refractivity contribution in [2.24, 2.45) is 5.92 Å². The van der Waals surface area contributed by atoms with E-state index in [4.69, 9.17) is 4.74 Å². The summed E-state index contributed by atoms with van der Waals surface area (Å²) in [5.74, 6) is 1.52. The maximum absolute atomic E-state index is 5.25. The average Bonchev–Trinajstić information content (AvgIpc) is 3.10. The largest absolute Gasteiger partial charge is 0.385 e. The zero-order chi connectivity index (χ0) is 18.1. The smallest absolute Gasteiger partial charge is 0.0465 e. The standard InChI is InChI=1S/C23H39NO/c1-5-21(12-11-20(3)18-24-14-6-7-15-24)23-17-19(2)10-13-22(23)9-8-16-25-4/h10,13,17,20-21H,5-9,11-12,14-16,18H2,1-4H3. The zero-order valence-electron chi connectivity index (χ0n) is 17.0. The normalized spacial score (nSPS) is 17.8. The van der Waals surface area contributed by atoms with E-state index in [0.29, 0.717) is 5.92 Å². The van der Waals surface area contributed by atoms with E-state index in [0.717, 1.165) is 25.4 Å². The summed E-state index contributed by atoms with van der Waals surface area (Å²) in [5, 5.41) is 0. The van der Waals surface area contributed by atoms with Gasteiger partial charge in [-0.1, -0.05) is 37.6 Å². The number of rotatable bonds is 11. The van der Waals surface area contributed by atoms with Gasteiger partial charge in [-0.3, -0.25) is 0 Å². The van der Waals surface area contributed by atoms with Crippen LogP contribution in [-0.2, 0) is 11.2 Å². The van der Waals surface area contributed by atoms with Crippen LogP contribution in [0, 0.1) is 12.8 Å². The molecule has 0 amide bonds. The lowest BCUT2D eigenvalue weighted by molar-refractivity contribution is 0.195. The first-order valence-electron chi connectivity index (χ1n) is 10.4. The Morgan fingerprint density at radius 1 is 1.16 bits per heavy atom. The lowest BCUT2D eigenvalue weighted by Gasteiger charge is -2.24. The SMILES string of the molecule is CCC(CCC(C)CN1CCCC1)c1cc(C)ccc1CCCOC. The fraction of sp³-hybridized carbons (Fsp3) is 0.739. The number of hydrogen-bond donors (Lipinski definition) is 0. The van der Waals surface area contributed by atoms with Crippen LogP contribution in [-0.4, -0.2) is 38.3 Å². The van der Waals surface area contributed by atoms with Crippen molar-refractivity contribution in [1.29, 1.82) is 0 Å². The van der Waals surface area contributed by atoms with Crippen LogP contribution in [0.2, 0.25) is 0 Å². The quantitative estimate of drug-likeness (QED) is 0.485. The number of nitrogens with zero attached hydrogens (tertiary/aromatic N) is 1. The van der Waals surface area contributed by atoms with Crippen molar-refractivity contribution in [2.75, 3.05) is 33.4 Å². The molecule has 0 aromatic heterocycles. The highest BCUT2D eigenvalue weighted by atomic mass is 16.5. The van der Waals surface area contributed by atoms with E-state index in [1.165, 1.54) is 57.3 Å². The van der Waals surface area contributed by atoms with Crippen molar-refractivity contribution in [3.05, 3.63) is 34.9 Å². The van der Waals surface area contributed by atoms with Gasteiger partial charge in [-0.15, -0.1) is 0 Å². The highest BCUT2D eigenvalue weighted by Gasteiger charge is 2.18. The second kappa shape index (κ2) is 11.0. The number of hydrogen-bond acceptors (Lipinski definition) is 2. The number of likely N-dealkylation sites (tertiary alicyclic amines) is 1. The summed E-state index contributed by atoms with van der Waals surface area (Å²) in [4.78, 5) is 2.66. The molecule has 0 radical (unpaired) electrons. The molecule has 25 heavy (non-hydrogen) atoms. The molecular formula is C23H39NO. The summed E-state index contributed by atoms with van der Waals surface area (Å²) in [6, 6.07) is 7.08. The Hall–Kier alpha value is -0.860. The Bertz CT molecular complexity index is 493. The molecule has 2 heteroatoms. The van der Waals surface area contributed by atoms with Gasteiger partial charge in [0.25, 0.3) is 0 Å². The van der Waals surface area contributed by atoms with Gasteiger partial charge in [0.2, 0.25) is 0 Å².